The first-order chi connectivity index (χ1) is 8.54. The van der Waals surface area contributed by atoms with Crippen molar-refractivity contribution in [3.05, 3.63) is 26.9 Å². The number of nitrogens with one attached hydrogen (secondary N) is 2. The maximum Gasteiger partial charge on any atom is 0.275 e. The van der Waals surface area contributed by atoms with Crippen molar-refractivity contribution in [1.82, 2.24) is 25.0 Å². The molecule has 0 aliphatic rings. The molecule has 0 saturated heterocycles. The molecular weight excluding hydrogens is 250 g/mol. The molecule has 0 radical (unpaired) electrons. The minimum absolute atomic E-state index is 0.234. The van der Waals surface area contributed by atoms with Crippen molar-refractivity contribution in [2.75, 3.05) is 0 Å². The Balaban J connectivity index is 2.66. The van der Waals surface area contributed by atoms with E-state index in [1.807, 2.05) is 20.8 Å². The van der Waals surface area contributed by atoms with Gasteiger partial charge in [-0.15, -0.1) is 0 Å². The van der Waals surface area contributed by atoms with E-state index >= 15 is 0 Å². The summed E-state index contributed by atoms with van der Waals surface area (Å²) in [4.78, 5) is 11.9. The van der Waals surface area contributed by atoms with Gasteiger partial charge in [-0.1, -0.05) is 13.8 Å². The Morgan fingerprint density at radius 3 is 2.72 bits per heavy atom. The Hall–Kier alpha value is -1.76. The van der Waals surface area contributed by atoms with Crippen molar-refractivity contribution in [1.29, 1.82) is 0 Å². The third-order valence-electron chi connectivity index (χ3n) is 2.73. The predicted octanol–water partition coefficient (Wildman–Crippen LogP) is 1.83. The van der Waals surface area contributed by atoms with E-state index in [-0.39, 0.29) is 11.5 Å². The van der Waals surface area contributed by atoms with E-state index in [2.05, 4.69) is 20.4 Å². The fourth-order valence-electron chi connectivity index (χ4n) is 1.70. The number of aromatic amines is 2. The summed E-state index contributed by atoms with van der Waals surface area (Å²) < 4.78 is 2.29. The van der Waals surface area contributed by atoms with E-state index in [1.54, 1.807) is 10.6 Å². The fraction of sp³-hybridized carbons (Fsp3) is 0.455. The van der Waals surface area contributed by atoms with E-state index in [4.69, 9.17) is 12.2 Å². The van der Waals surface area contributed by atoms with Gasteiger partial charge in [-0.25, -0.2) is 5.10 Å². The molecule has 0 spiro atoms. The van der Waals surface area contributed by atoms with Crippen LogP contribution in [0.25, 0.3) is 11.4 Å². The van der Waals surface area contributed by atoms with Crippen molar-refractivity contribution >= 4 is 12.2 Å². The molecule has 0 saturated carbocycles. The van der Waals surface area contributed by atoms with Crippen LogP contribution in [0.4, 0.5) is 0 Å². The average molecular weight is 265 g/mol. The quantitative estimate of drug-likeness (QED) is 0.830. The molecular formula is C11H15N5OS. The topological polar surface area (TPSA) is 79.4 Å². The number of rotatable bonds is 3. The number of H-pyrrole nitrogens is 2. The molecule has 2 aromatic heterocycles. The summed E-state index contributed by atoms with van der Waals surface area (Å²) in [6.07, 6.45) is 0. The van der Waals surface area contributed by atoms with Gasteiger partial charge in [0.2, 0.25) is 0 Å². The van der Waals surface area contributed by atoms with Crippen LogP contribution in [0.2, 0.25) is 0 Å². The maximum absolute atomic E-state index is 11.9. The molecule has 0 bridgehead atoms. The van der Waals surface area contributed by atoms with Crippen molar-refractivity contribution in [2.24, 2.45) is 0 Å². The Labute approximate surface area is 109 Å². The second-order valence-electron chi connectivity index (χ2n) is 4.29. The Morgan fingerprint density at radius 2 is 2.11 bits per heavy atom. The van der Waals surface area contributed by atoms with E-state index in [0.29, 0.717) is 22.7 Å². The highest BCUT2D eigenvalue weighted by molar-refractivity contribution is 7.71. The molecule has 7 heteroatoms. The molecule has 0 aromatic carbocycles. The van der Waals surface area contributed by atoms with E-state index < -0.39 is 0 Å². The SMILES string of the molecule is CCn1c(-c2cc(C(C)C)n[nH]c2=O)n[nH]c1=S. The van der Waals surface area contributed by atoms with Crippen LogP contribution in [-0.4, -0.2) is 25.0 Å². The molecule has 6 nitrogen and oxygen atoms in total. The summed E-state index contributed by atoms with van der Waals surface area (Å²) >= 11 is 5.12. The van der Waals surface area contributed by atoms with Gasteiger partial charge >= 0.3 is 0 Å². The van der Waals surface area contributed by atoms with Crippen LogP contribution < -0.4 is 5.56 Å². The smallest absolute Gasteiger partial charge is 0.275 e. The summed E-state index contributed by atoms with van der Waals surface area (Å²) in [7, 11) is 0. The number of hydrogen-bond acceptors (Lipinski definition) is 4. The molecule has 0 unspecified atom stereocenters. The van der Waals surface area contributed by atoms with Crippen molar-refractivity contribution < 1.29 is 0 Å². The Kier molecular flexibility index (Phi) is 3.42. The lowest BCUT2D eigenvalue weighted by Gasteiger charge is -2.06. The molecule has 18 heavy (non-hydrogen) atoms. The lowest BCUT2D eigenvalue weighted by atomic mass is 10.1. The summed E-state index contributed by atoms with van der Waals surface area (Å²) in [5.41, 5.74) is 1.05. The third-order valence-corrected chi connectivity index (χ3v) is 3.04. The molecule has 0 atom stereocenters. The van der Waals surface area contributed by atoms with E-state index in [9.17, 15) is 4.79 Å². The van der Waals surface area contributed by atoms with Gasteiger partial charge in [-0.05, 0) is 31.1 Å². The molecule has 0 aliphatic carbocycles. The van der Waals surface area contributed by atoms with Crippen LogP contribution in [0, 0.1) is 4.77 Å². The van der Waals surface area contributed by atoms with Gasteiger partial charge in [-0.3, -0.25) is 9.89 Å². The number of hydrogen-bond donors (Lipinski definition) is 2. The molecule has 2 aromatic rings. The van der Waals surface area contributed by atoms with Crippen LogP contribution in [-0.2, 0) is 6.54 Å². The van der Waals surface area contributed by atoms with Crippen molar-refractivity contribution in [2.45, 2.75) is 33.2 Å². The van der Waals surface area contributed by atoms with Crippen LogP contribution in [0.15, 0.2) is 10.9 Å². The summed E-state index contributed by atoms with van der Waals surface area (Å²) in [6.45, 7) is 6.64. The average Bonchev–Trinajstić information content (AvgIpc) is 2.70. The summed E-state index contributed by atoms with van der Waals surface area (Å²) in [5, 5.41) is 13.3. The second kappa shape index (κ2) is 4.85. The van der Waals surface area contributed by atoms with E-state index in [1.165, 1.54) is 0 Å². The van der Waals surface area contributed by atoms with Gasteiger partial charge in [0.15, 0.2) is 10.6 Å². The van der Waals surface area contributed by atoms with Gasteiger partial charge in [0, 0.05) is 6.54 Å². The van der Waals surface area contributed by atoms with Crippen LogP contribution in [0.5, 0.6) is 0 Å². The summed E-state index contributed by atoms with van der Waals surface area (Å²) in [5.74, 6) is 0.783. The highest BCUT2D eigenvalue weighted by Gasteiger charge is 2.14. The van der Waals surface area contributed by atoms with Gasteiger partial charge in [-0.2, -0.15) is 10.2 Å². The van der Waals surface area contributed by atoms with Gasteiger partial charge in [0.1, 0.15) is 0 Å². The molecule has 0 aliphatic heterocycles. The Bertz CT molecular complexity index is 667. The highest BCUT2D eigenvalue weighted by Crippen LogP contribution is 2.17. The molecule has 2 heterocycles. The maximum atomic E-state index is 11.9. The van der Waals surface area contributed by atoms with Crippen molar-refractivity contribution in [3.8, 4) is 11.4 Å². The van der Waals surface area contributed by atoms with Gasteiger partial charge in [0.25, 0.3) is 5.56 Å². The number of aromatic nitrogens is 5. The van der Waals surface area contributed by atoms with Crippen molar-refractivity contribution in [3.63, 3.8) is 0 Å². The minimum atomic E-state index is -0.261. The van der Waals surface area contributed by atoms with Crippen LogP contribution in [0.1, 0.15) is 32.4 Å². The lowest BCUT2D eigenvalue weighted by Crippen LogP contribution is -2.15. The minimum Gasteiger partial charge on any atom is -0.300 e. The zero-order chi connectivity index (χ0) is 13.3. The highest BCUT2D eigenvalue weighted by atomic mass is 32.1. The molecule has 96 valence electrons. The van der Waals surface area contributed by atoms with Gasteiger partial charge < -0.3 is 4.57 Å². The standard InChI is InChI=1S/C11H15N5OS/c1-4-16-9(13-15-11(16)18)7-5-8(6(2)3)12-14-10(7)17/h5-6H,4H2,1-3H3,(H,14,17)(H,15,18). The third kappa shape index (κ3) is 2.13. The molecule has 2 N–H and O–H groups in total. The normalized spacial score (nSPS) is 11.1. The first-order valence-electron chi connectivity index (χ1n) is 5.79. The first-order valence-corrected chi connectivity index (χ1v) is 6.20. The zero-order valence-electron chi connectivity index (χ0n) is 10.5. The van der Waals surface area contributed by atoms with E-state index in [0.717, 1.165) is 5.69 Å². The second-order valence-corrected chi connectivity index (χ2v) is 4.67. The lowest BCUT2D eigenvalue weighted by molar-refractivity contribution is 0.747. The molecule has 0 amide bonds. The number of nitrogens with zero attached hydrogens (tertiary/aromatic N) is 3. The van der Waals surface area contributed by atoms with Gasteiger partial charge in [0.05, 0.1) is 11.3 Å². The zero-order valence-corrected chi connectivity index (χ0v) is 11.3. The van der Waals surface area contributed by atoms with Crippen LogP contribution >= 0.6 is 12.2 Å². The predicted molar refractivity (Wildman–Crippen MR) is 71.0 cm³/mol. The summed E-state index contributed by atoms with van der Waals surface area (Å²) in [6, 6.07) is 1.76. The first kappa shape index (κ1) is 12.7. The monoisotopic (exact) mass is 265 g/mol. The van der Waals surface area contributed by atoms with Crippen LogP contribution in [0.3, 0.4) is 0 Å². The fourth-order valence-corrected chi connectivity index (χ4v) is 1.96. The molecule has 0 fully saturated rings. The Morgan fingerprint density at radius 1 is 1.39 bits per heavy atom. The largest absolute Gasteiger partial charge is 0.300 e. The molecule has 2 rings (SSSR count).